The molecule has 1 saturated heterocycles. The van der Waals surface area contributed by atoms with Gasteiger partial charge in [-0.25, -0.2) is 9.59 Å². The van der Waals surface area contributed by atoms with E-state index in [0.717, 1.165) is 72.2 Å². The van der Waals surface area contributed by atoms with Gasteiger partial charge in [0, 0.05) is 56.3 Å². The second-order valence-electron chi connectivity index (χ2n) is 19.0. The highest BCUT2D eigenvalue weighted by molar-refractivity contribution is 5.99. The highest BCUT2D eigenvalue weighted by atomic mass is 16.7. The maximum absolute atomic E-state index is 14.1. The Kier molecular flexibility index (Phi) is 16.7. The van der Waals surface area contributed by atoms with E-state index in [1.54, 1.807) is 19.9 Å². The van der Waals surface area contributed by atoms with Crippen molar-refractivity contribution in [2.24, 2.45) is 5.92 Å². The van der Waals surface area contributed by atoms with E-state index in [9.17, 15) is 38.7 Å². The van der Waals surface area contributed by atoms with Crippen molar-refractivity contribution >= 4 is 63.9 Å². The zero-order valence-corrected chi connectivity index (χ0v) is 42.9. The number of carbonyl (C=O) groups excluding carboxylic acids is 7. The number of ether oxygens (including phenoxy) is 8. The van der Waals surface area contributed by atoms with Gasteiger partial charge in [-0.1, -0.05) is 92.7 Å². The van der Waals surface area contributed by atoms with Crippen molar-refractivity contribution in [3.05, 3.63) is 119 Å². The lowest BCUT2D eigenvalue weighted by molar-refractivity contribution is -0.282. The molecule has 20 nitrogen and oxygen atoms in total. The third-order valence-electron chi connectivity index (χ3n) is 13.3. The summed E-state index contributed by atoms with van der Waals surface area (Å²) in [5.74, 6) is -5.58. The Bertz CT molecular complexity index is 2990. The molecule has 0 radical (unpaired) electrons. The van der Waals surface area contributed by atoms with Crippen LogP contribution >= 0.6 is 0 Å². The normalized spacial score (nSPS) is 20.1. The summed E-state index contributed by atoms with van der Waals surface area (Å²) in [5, 5.41) is 23.2. The maximum Gasteiger partial charge on any atom is 0.407 e. The number of fused-ring (bicyclic) bond motifs is 6. The number of aliphatic hydroxyl groups is 1. The van der Waals surface area contributed by atoms with Crippen molar-refractivity contribution in [3.8, 4) is 22.6 Å². The number of esters is 4. The summed E-state index contributed by atoms with van der Waals surface area (Å²) in [5.41, 5.74) is 6.39. The Labute approximate surface area is 438 Å². The van der Waals surface area contributed by atoms with Crippen LogP contribution in [0, 0.1) is 5.92 Å². The second-order valence-corrected chi connectivity index (χ2v) is 19.0. The minimum Gasteiger partial charge on any atom is -0.488 e. The lowest BCUT2D eigenvalue weighted by Gasteiger charge is -2.43. The Morgan fingerprint density at radius 1 is 0.724 bits per heavy atom. The van der Waals surface area contributed by atoms with Crippen molar-refractivity contribution in [3.63, 3.8) is 0 Å². The number of aliphatic hydroxyl groups excluding tert-OH is 1. The van der Waals surface area contributed by atoms with Crippen molar-refractivity contribution in [2.75, 3.05) is 37.5 Å². The molecular weight excluding hydrogens is 985 g/mol. The SMILES string of the molecule is COC(=O)[C@H]1O[C@@H](Oc2cc(COc3cc4c(c5ccccc35)[C@H](CO)CN4)ccc2NC(=O)[C@H](C)NC(=O)[C@@H](NC(=O)OCC2c3ccccc3-c3ccccc32)C(C)C)[C@H](OC(C)=O)[C@@H](OC(C)=O)[C@@H]1OC(C)=O. The summed E-state index contributed by atoms with van der Waals surface area (Å²) in [4.78, 5) is 92.2. The monoisotopic (exact) mass is 1040 g/mol. The predicted molar refractivity (Wildman–Crippen MR) is 274 cm³/mol. The molecule has 1 fully saturated rings. The summed E-state index contributed by atoms with van der Waals surface area (Å²) in [6, 6.07) is 27.5. The van der Waals surface area contributed by atoms with Crippen molar-refractivity contribution in [1.29, 1.82) is 0 Å². The van der Waals surface area contributed by atoms with E-state index >= 15 is 0 Å². The number of methoxy groups -OCH3 is 1. The molecule has 1 aliphatic carbocycles. The van der Waals surface area contributed by atoms with E-state index in [1.165, 1.54) is 19.1 Å². The Morgan fingerprint density at radius 2 is 1.34 bits per heavy atom. The number of hydrogen-bond acceptors (Lipinski definition) is 17. The molecule has 5 N–H and O–H groups in total. The minimum absolute atomic E-state index is 0.0137. The Morgan fingerprint density at radius 3 is 1.97 bits per heavy atom. The van der Waals surface area contributed by atoms with Crippen LogP contribution < -0.4 is 30.7 Å². The number of carbonyl (C=O) groups is 7. The van der Waals surface area contributed by atoms with Crippen LogP contribution in [0.1, 0.15) is 75.6 Å². The molecule has 2 heterocycles. The molecule has 0 aromatic heterocycles. The fourth-order valence-corrected chi connectivity index (χ4v) is 9.79. The van der Waals surface area contributed by atoms with Crippen molar-refractivity contribution in [1.82, 2.24) is 10.6 Å². The van der Waals surface area contributed by atoms with Crippen LogP contribution in [0.5, 0.6) is 11.5 Å². The van der Waals surface area contributed by atoms with Crippen molar-refractivity contribution < 1.29 is 76.6 Å². The van der Waals surface area contributed by atoms with Gasteiger partial charge in [-0.15, -0.1) is 0 Å². The van der Waals surface area contributed by atoms with Crippen LogP contribution in [0.25, 0.3) is 21.9 Å². The van der Waals surface area contributed by atoms with Gasteiger partial charge in [-0.3, -0.25) is 24.0 Å². The first kappa shape index (κ1) is 54.0. The summed E-state index contributed by atoms with van der Waals surface area (Å²) in [7, 11) is 1.05. The standard InChI is InChI=1S/C56H60N4O16/c1-28(2)47(60-56(68)71-27-41-37-16-10-8-14-35(37)36-15-9-11-17-38(36)41)53(66)58-29(3)52(65)59-42-21-20-33(26-70-44-23-43-46(34(25-61)24-57-43)40-19-13-12-18-39(40)44)22-45(42)75-55-51(74-32(6)64)49(73-31(5)63)48(72-30(4)62)50(76-55)54(67)69-7/h8-23,28-29,34,41,47-51,55,57,61H,24-27H2,1-7H3,(H,58,66)(H,59,65)(H,60,68)/t29-,34-,47-,48-,49-,50-,51+,55+/m0/s1. The largest absolute Gasteiger partial charge is 0.488 e. The van der Waals surface area contributed by atoms with E-state index < -0.39 is 90.5 Å². The first-order chi connectivity index (χ1) is 36.5. The molecule has 0 bridgehead atoms. The number of anilines is 2. The molecule has 8 rings (SSSR count). The molecule has 5 aromatic rings. The molecular formula is C56H60N4O16. The number of hydrogen-bond donors (Lipinski definition) is 5. The fraction of sp³-hybridized carbons (Fsp3) is 0.375. The predicted octanol–water partition coefficient (Wildman–Crippen LogP) is 6.00. The van der Waals surface area contributed by atoms with Gasteiger partial charge in [0.25, 0.3) is 0 Å². The molecule has 3 amide bonds. The first-order valence-corrected chi connectivity index (χ1v) is 24.8. The molecule has 76 heavy (non-hydrogen) atoms. The van der Waals surface area contributed by atoms with E-state index in [1.807, 2.05) is 78.9 Å². The summed E-state index contributed by atoms with van der Waals surface area (Å²) >= 11 is 0. The molecule has 8 atom stereocenters. The van der Waals surface area contributed by atoms with Crippen LogP contribution in [-0.4, -0.2) is 117 Å². The number of nitrogens with one attached hydrogen (secondary N) is 4. The van der Waals surface area contributed by atoms with Gasteiger partial charge in [0.1, 0.15) is 36.8 Å². The zero-order chi connectivity index (χ0) is 54.4. The lowest BCUT2D eigenvalue weighted by Crippen LogP contribution is -2.64. The van der Waals surface area contributed by atoms with Gasteiger partial charge in [-0.2, -0.15) is 0 Å². The van der Waals surface area contributed by atoms with Gasteiger partial charge in [0.2, 0.25) is 24.2 Å². The van der Waals surface area contributed by atoms with E-state index in [-0.39, 0.29) is 43.1 Å². The van der Waals surface area contributed by atoms with Gasteiger partial charge < -0.3 is 64.3 Å². The molecule has 5 aromatic carbocycles. The van der Waals surface area contributed by atoms with E-state index in [4.69, 9.17) is 37.9 Å². The topological polar surface area (TPSA) is 262 Å². The summed E-state index contributed by atoms with van der Waals surface area (Å²) < 4.78 is 46.2. The second kappa shape index (κ2) is 23.5. The smallest absolute Gasteiger partial charge is 0.407 e. The van der Waals surface area contributed by atoms with Crippen LogP contribution in [0.15, 0.2) is 97.1 Å². The van der Waals surface area contributed by atoms with Crippen LogP contribution in [0.3, 0.4) is 0 Å². The molecule has 2 aliphatic heterocycles. The van der Waals surface area contributed by atoms with E-state index in [0.29, 0.717) is 17.9 Å². The molecule has 3 aliphatic rings. The quantitative estimate of drug-likeness (QED) is 0.0498. The van der Waals surface area contributed by atoms with Gasteiger partial charge in [0.05, 0.1) is 19.4 Å². The Hall–Kier alpha value is -8.23. The highest BCUT2D eigenvalue weighted by Gasteiger charge is 2.56. The number of benzene rings is 5. The first-order valence-electron chi connectivity index (χ1n) is 24.8. The average Bonchev–Trinajstić information content (AvgIpc) is 3.97. The molecule has 0 unspecified atom stereocenters. The van der Waals surface area contributed by atoms with Gasteiger partial charge in [-0.05, 0) is 63.7 Å². The number of rotatable bonds is 18. The number of alkyl carbamates (subject to hydrolysis) is 1. The third-order valence-corrected chi connectivity index (χ3v) is 13.3. The Balaban J connectivity index is 1.04. The summed E-state index contributed by atoms with van der Waals surface area (Å²) in [6.45, 7) is 8.48. The maximum atomic E-state index is 14.1. The molecule has 400 valence electrons. The summed E-state index contributed by atoms with van der Waals surface area (Å²) in [6.07, 6.45) is -9.49. The van der Waals surface area contributed by atoms with E-state index in [2.05, 4.69) is 21.3 Å². The van der Waals surface area contributed by atoms with Crippen LogP contribution in [0.2, 0.25) is 0 Å². The minimum atomic E-state index is -1.81. The average molecular weight is 1050 g/mol. The lowest BCUT2D eigenvalue weighted by atomic mass is 9.95. The molecule has 20 heteroatoms. The fourth-order valence-electron chi connectivity index (χ4n) is 9.79. The molecule has 0 spiro atoms. The third kappa shape index (κ3) is 11.8. The van der Waals surface area contributed by atoms with Crippen LogP contribution in [0.4, 0.5) is 16.2 Å². The number of amides is 3. The zero-order valence-electron chi connectivity index (χ0n) is 42.9. The van der Waals surface area contributed by atoms with Crippen molar-refractivity contribution in [2.45, 2.75) is 103 Å². The van der Waals surface area contributed by atoms with Gasteiger partial charge >= 0.3 is 30.0 Å². The van der Waals surface area contributed by atoms with Gasteiger partial charge in [0.15, 0.2) is 18.3 Å². The molecule has 0 saturated carbocycles. The highest BCUT2D eigenvalue weighted by Crippen LogP contribution is 2.45. The van der Waals surface area contributed by atoms with Crippen LogP contribution in [-0.2, 0) is 63.8 Å².